The van der Waals surface area contributed by atoms with E-state index >= 15 is 0 Å². The molecule has 0 bridgehead atoms. The Balaban J connectivity index is 1.28. The molecule has 0 spiro atoms. The van der Waals surface area contributed by atoms with Gasteiger partial charge in [-0.15, -0.1) is 0 Å². The van der Waals surface area contributed by atoms with Gasteiger partial charge in [0.05, 0.1) is 0 Å². The van der Waals surface area contributed by atoms with Gasteiger partial charge < -0.3 is 9.47 Å². The van der Waals surface area contributed by atoms with Crippen LogP contribution in [0.25, 0.3) is 22.3 Å². The highest BCUT2D eigenvalue weighted by molar-refractivity contribution is 7.20. The summed E-state index contributed by atoms with van der Waals surface area (Å²) in [5.74, 6) is 4.00. The Bertz CT molecular complexity index is 2900. The van der Waals surface area contributed by atoms with E-state index < -0.39 is 24.2 Å². The van der Waals surface area contributed by atoms with Crippen molar-refractivity contribution < 1.29 is 9.47 Å². The zero-order valence-corrected chi connectivity index (χ0v) is 42.6. The molecular weight excluding hydrogens is 837 g/mol. The van der Waals surface area contributed by atoms with Gasteiger partial charge >= 0.3 is 0 Å². The molecule has 65 heavy (non-hydrogen) atoms. The molecule has 0 aliphatic carbocycles. The molecule has 0 amide bonds. The summed E-state index contributed by atoms with van der Waals surface area (Å²) >= 11 is 0. The van der Waals surface area contributed by atoms with Crippen molar-refractivity contribution in [2.75, 3.05) is 0 Å². The van der Waals surface area contributed by atoms with E-state index in [0.29, 0.717) is 0 Å². The van der Waals surface area contributed by atoms with Gasteiger partial charge in [-0.05, 0) is 86.7 Å². The molecule has 0 saturated carbocycles. The van der Waals surface area contributed by atoms with E-state index in [1.807, 2.05) is 0 Å². The largest absolute Gasteiger partial charge is 0.457 e. The van der Waals surface area contributed by atoms with Crippen LogP contribution in [0.2, 0.25) is 26.2 Å². The van der Waals surface area contributed by atoms with Crippen LogP contribution in [0.4, 0.5) is 0 Å². The maximum atomic E-state index is 7.07. The van der Waals surface area contributed by atoms with Gasteiger partial charge in [-0.3, -0.25) is 0 Å². The monoisotopic (exact) mass is 896 g/mol. The highest BCUT2D eigenvalue weighted by Gasteiger charge is 2.45. The number of fused-ring (bicyclic) bond motifs is 4. The zero-order valence-electron chi connectivity index (χ0n) is 39.6. The summed E-state index contributed by atoms with van der Waals surface area (Å²) in [5, 5.41) is 10.8. The summed E-state index contributed by atoms with van der Waals surface area (Å²) in [5.41, 5.74) is 7.15. The molecule has 5 heteroatoms. The van der Waals surface area contributed by atoms with Gasteiger partial charge in [0.15, 0.2) is 8.07 Å². The van der Waals surface area contributed by atoms with Crippen molar-refractivity contribution in [1.82, 2.24) is 0 Å². The van der Waals surface area contributed by atoms with E-state index in [2.05, 4.69) is 250 Å². The lowest BCUT2D eigenvalue weighted by molar-refractivity contribution is 0.488. The van der Waals surface area contributed by atoms with E-state index in [1.165, 1.54) is 63.7 Å². The van der Waals surface area contributed by atoms with E-state index in [9.17, 15) is 0 Å². The maximum Gasteiger partial charge on any atom is 0.179 e. The van der Waals surface area contributed by atoms with Crippen LogP contribution in [0, 0.1) is 0 Å². The Kier molecular flexibility index (Phi) is 10.3. The summed E-state index contributed by atoms with van der Waals surface area (Å²) in [7, 11) is -7.28. The molecule has 0 N–H and O–H groups in total. The second-order valence-corrected chi connectivity index (χ2v) is 33.8. The van der Waals surface area contributed by atoms with Crippen LogP contribution in [0.3, 0.4) is 0 Å². The number of para-hydroxylation sites is 4. The van der Waals surface area contributed by atoms with Gasteiger partial charge in [-0.1, -0.05) is 238 Å². The Hall–Kier alpha value is -5.99. The van der Waals surface area contributed by atoms with Crippen molar-refractivity contribution in [3.8, 4) is 45.3 Å². The van der Waals surface area contributed by atoms with Crippen molar-refractivity contribution in [1.29, 1.82) is 0 Å². The third kappa shape index (κ3) is 6.93. The van der Waals surface area contributed by atoms with Gasteiger partial charge in [0.25, 0.3) is 0 Å². The van der Waals surface area contributed by atoms with Gasteiger partial charge in [-0.2, -0.15) is 0 Å². The molecule has 2 aliphatic heterocycles. The molecule has 2 nitrogen and oxygen atoms in total. The first-order valence-electron chi connectivity index (χ1n) is 23.3. The van der Waals surface area contributed by atoms with Crippen molar-refractivity contribution in [2.24, 2.45) is 0 Å². The first-order chi connectivity index (χ1) is 31.0. The van der Waals surface area contributed by atoms with E-state index in [4.69, 9.17) is 9.47 Å². The molecule has 2 heterocycles. The molecule has 0 atom stereocenters. The van der Waals surface area contributed by atoms with E-state index in [0.717, 1.165) is 34.1 Å². The molecule has 0 radical (unpaired) electrons. The summed E-state index contributed by atoms with van der Waals surface area (Å²) in [6.45, 7) is 23.9. The molecule has 0 aromatic heterocycles. The van der Waals surface area contributed by atoms with E-state index in [-0.39, 0.29) is 10.8 Å². The van der Waals surface area contributed by atoms with Gasteiger partial charge in [-0.25, -0.2) is 0 Å². The highest BCUT2D eigenvalue weighted by Crippen LogP contribution is 2.43. The summed E-state index contributed by atoms with van der Waals surface area (Å²) in [6, 6.07) is 68.9. The lowest BCUT2D eigenvalue weighted by atomic mass is 9.81. The molecule has 10 rings (SSSR count). The number of benzene rings is 8. The molecular formula is C60H60O2Si3. The minimum absolute atomic E-state index is 0.135. The first-order valence-corrected chi connectivity index (χ1v) is 31.3. The number of rotatable bonds is 6. The molecule has 0 unspecified atom stereocenters. The smallest absolute Gasteiger partial charge is 0.179 e. The Morgan fingerprint density at radius 2 is 0.692 bits per heavy atom. The van der Waals surface area contributed by atoms with Gasteiger partial charge in [0.2, 0.25) is 0 Å². The lowest BCUT2D eigenvalue weighted by Crippen LogP contribution is -2.74. The average Bonchev–Trinajstić information content (AvgIpc) is 3.29. The second-order valence-electron chi connectivity index (χ2n) is 21.3. The van der Waals surface area contributed by atoms with Crippen LogP contribution in [0.5, 0.6) is 23.0 Å². The molecule has 2 aliphatic rings. The standard InChI is InChI=1S/C60H60O2Si3/c1-59(2,3)49-37-35-43(39-47(49)45-27-21-33-55-57(45)61-51-29-17-19-31-53(51)63(55,7)8)65(41-23-13-11-14-24-41,42-25-15-12-16-26-42)44-36-38-50(60(4,5)6)48(40-44)46-28-22-34-56-58(46)62-52-30-18-20-32-54(52)64(56,9)10/h11-40H,1-10H3. The van der Waals surface area contributed by atoms with Crippen molar-refractivity contribution >= 4 is 65.7 Å². The van der Waals surface area contributed by atoms with Gasteiger partial charge in [0.1, 0.15) is 39.1 Å². The minimum Gasteiger partial charge on any atom is -0.457 e. The molecule has 0 fully saturated rings. The molecule has 8 aromatic carbocycles. The molecule has 324 valence electrons. The van der Waals surface area contributed by atoms with E-state index in [1.54, 1.807) is 0 Å². The Morgan fingerprint density at radius 3 is 1.08 bits per heavy atom. The molecule has 0 saturated heterocycles. The topological polar surface area (TPSA) is 18.5 Å². The predicted molar refractivity (Wildman–Crippen MR) is 285 cm³/mol. The first kappa shape index (κ1) is 42.9. The predicted octanol–water partition coefficient (Wildman–Crippen LogP) is 10.8. The van der Waals surface area contributed by atoms with Crippen LogP contribution in [0.15, 0.2) is 182 Å². The normalized spacial score (nSPS) is 14.8. The maximum absolute atomic E-state index is 7.07. The fraction of sp³-hybridized carbons (Fsp3) is 0.200. The Morgan fingerprint density at radius 1 is 0.338 bits per heavy atom. The lowest BCUT2D eigenvalue weighted by Gasteiger charge is -2.38. The third-order valence-electron chi connectivity index (χ3n) is 14.4. The van der Waals surface area contributed by atoms with Crippen LogP contribution < -0.4 is 51.0 Å². The quantitative estimate of drug-likeness (QED) is 0.122. The third-order valence-corrected chi connectivity index (χ3v) is 26.2. The molecule has 8 aromatic rings. The summed E-state index contributed by atoms with van der Waals surface area (Å²) in [6.07, 6.45) is 0. The number of hydrogen-bond acceptors (Lipinski definition) is 2. The van der Waals surface area contributed by atoms with Gasteiger partial charge in [0, 0.05) is 11.1 Å². The van der Waals surface area contributed by atoms with Crippen LogP contribution in [-0.2, 0) is 10.8 Å². The minimum atomic E-state index is -3.10. The van der Waals surface area contributed by atoms with Crippen molar-refractivity contribution in [3.05, 3.63) is 193 Å². The van der Waals surface area contributed by atoms with Crippen molar-refractivity contribution in [2.45, 2.75) is 78.6 Å². The second kappa shape index (κ2) is 15.6. The van der Waals surface area contributed by atoms with Crippen LogP contribution in [-0.4, -0.2) is 24.2 Å². The Labute approximate surface area is 390 Å². The van der Waals surface area contributed by atoms with Crippen molar-refractivity contribution in [3.63, 3.8) is 0 Å². The average molecular weight is 897 g/mol. The number of hydrogen-bond donors (Lipinski definition) is 0. The van der Waals surface area contributed by atoms with Crippen LogP contribution in [0.1, 0.15) is 52.7 Å². The summed E-state index contributed by atoms with van der Waals surface area (Å²) in [4.78, 5) is 0. The van der Waals surface area contributed by atoms with Crippen LogP contribution >= 0.6 is 0 Å². The SMILES string of the molecule is CC(C)(C)c1ccc([Si](c2ccccc2)(c2ccccc2)c2ccc(C(C)(C)C)c(-c3cccc4c3Oc3ccccc3[Si]4(C)C)c2)cc1-c1cccc2c1Oc1ccccc1[Si]2(C)C. The zero-order chi connectivity index (χ0) is 45.5. The summed E-state index contributed by atoms with van der Waals surface area (Å²) < 4.78 is 14.1. The fourth-order valence-corrected chi connectivity index (χ4v) is 21.5. The fourth-order valence-electron chi connectivity index (χ4n) is 11.0. The highest BCUT2D eigenvalue weighted by atomic mass is 28.3. The number of ether oxygens (including phenoxy) is 2.